The summed E-state index contributed by atoms with van der Waals surface area (Å²) in [5, 5.41) is 7.86. The van der Waals surface area contributed by atoms with E-state index in [1.807, 2.05) is 23.2 Å². The van der Waals surface area contributed by atoms with Crippen LogP contribution in [0, 0.1) is 11.6 Å². The monoisotopic (exact) mass is 379 g/mol. The van der Waals surface area contributed by atoms with Gasteiger partial charge in [-0.2, -0.15) is 5.10 Å². The van der Waals surface area contributed by atoms with E-state index in [-0.39, 0.29) is 5.82 Å². The Labute approximate surface area is 157 Å². The highest BCUT2D eigenvalue weighted by Crippen LogP contribution is 2.32. The predicted molar refractivity (Wildman–Crippen MR) is 102 cm³/mol. The van der Waals surface area contributed by atoms with Crippen LogP contribution in [0.5, 0.6) is 0 Å². The molecule has 3 aromatic heterocycles. The van der Waals surface area contributed by atoms with Gasteiger partial charge in [0.15, 0.2) is 5.82 Å². The molecule has 0 atom stereocenters. The molecule has 5 rings (SSSR count). The van der Waals surface area contributed by atoms with Crippen molar-refractivity contribution in [3.63, 3.8) is 0 Å². The molecule has 0 aliphatic carbocycles. The first-order valence-corrected chi connectivity index (χ1v) is 8.61. The minimum Gasteiger partial charge on any atom is -0.350 e. The van der Waals surface area contributed by atoms with Crippen LogP contribution in [0.1, 0.15) is 0 Å². The summed E-state index contributed by atoms with van der Waals surface area (Å²) in [4.78, 5) is 12.6. The number of aromatic nitrogens is 5. The van der Waals surface area contributed by atoms with Gasteiger partial charge in [0, 0.05) is 48.3 Å². The van der Waals surface area contributed by atoms with Crippen molar-refractivity contribution in [1.29, 1.82) is 0 Å². The Balaban J connectivity index is 1.85. The second-order valence-electron chi connectivity index (χ2n) is 6.79. The summed E-state index contributed by atoms with van der Waals surface area (Å²) in [6.45, 7) is 0. The second kappa shape index (κ2) is 5.66. The number of hydrogen-bond donors (Lipinski definition) is 1. The molecule has 0 radical (unpaired) electrons. The van der Waals surface area contributed by atoms with Crippen LogP contribution in [0.4, 0.5) is 8.78 Å². The van der Waals surface area contributed by atoms with E-state index in [2.05, 4.69) is 10.2 Å². The summed E-state index contributed by atoms with van der Waals surface area (Å²) in [6, 6.07) is 8.90. The number of H-pyrrole nitrogens is 1. The van der Waals surface area contributed by atoms with Crippen molar-refractivity contribution in [3.05, 3.63) is 70.9 Å². The quantitative estimate of drug-likeness (QED) is 0.510. The summed E-state index contributed by atoms with van der Waals surface area (Å²) in [5.41, 5.74) is 2.23. The second-order valence-corrected chi connectivity index (χ2v) is 6.79. The zero-order chi connectivity index (χ0) is 19.6. The molecule has 28 heavy (non-hydrogen) atoms. The maximum absolute atomic E-state index is 13.9. The van der Waals surface area contributed by atoms with Gasteiger partial charge in [0.25, 0.3) is 0 Å². The molecule has 0 saturated heterocycles. The van der Waals surface area contributed by atoms with Crippen molar-refractivity contribution < 1.29 is 8.78 Å². The van der Waals surface area contributed by atoms with Gasteiger partial charge in [0.1, 0.15) is 11.6 Å². The molecule has 6 nitrogen and oxygen atoms in total. The predicted octanol–water partition coefficient (Wildman–Crippen LogP) is 3.49. The fourth-order valence-electron chi connectivity index (χ4n) is 3.77. The van der Waals surface area contributed by atoms with Gasteiger partial charge in [0.2, 0.25) is 0 Å². The lowest BCUT2D eigenvalue weighted by Crippen LogP contribution is -2.15. The Morgan fingerprint density at radius 1 is 0.893 bits per heavy atom. The van der Waals surface area contributed by atoms with E-state index in [4.69, 9.17) is 0 Å². The molecule has 3 heterocycles. The van der Waals surface area contributed by atoms with Crippen LogP contribution < -0.4 is 5.69 Å². The standard InChI is InChI=1S/C20H15F2N5O/c1-25-9-15(13-7-11(21)3-5-16(13)25)19-23-24-20(28)27(19)18-10-26(2)17-6-4-12(22)8-14(17)18/h3-10H,1-2H3,(H,24,28). The molecule has 140 valence electrons. The van der Waals surface area contributed by atoms with Crippen LogP contribution in [-0.2, 0) is 14.1 Å². The van der Waals surface area contributed by atoms with Gasteiger partial charge in [-0.1, -0.05) is 0 Å². The third-order valence-corrected chi connectivity index (χ3v) is 5.04. The van der Waals surface area contributed by atoms with Crippen molar-refractivity contribution in [2.24, 2.45) is 14.1 Å². The summed E-state index contributed by atoms with van der Waals surface area (Å²) in [5.74, 6) is -0.445. The number of hydrogen-bond acceptors (Lipinski definition) is 2. The number of rotatable bonds is 2. The van der Waals surface area contributed by atoms with Gasteiger partial charge in [-0.25, -0.2) is 23.2 Å². The number of aryl methyl sites for hydroxylation is 2. The smallest absolute Gasteiger partial charge is 0.348 e. The lowest BCUT2D eigenvalue weighted by molar-refractivity contribution is 0.629. The van der Waals surface area contributed by atoms with Gasteiger partial charge < -0.3 is 9.13 Å². The molecule has 8 heteroatoms. The van der Waals surface area contributed by atoms with Gasteiger partial charge in [0.05, 0.1) is 11.2 Å². The first-order chi connectivity index (χ1) is 13.4. The Hall–Kier alpha value is -3.68. The fourth-order valence-corrected chi connectivity index (χ4v) is 3.77. The lowest BCUT2D eigenvalue weighted by atomic mass is 10.1. The molecular weight excluding hydrogens is 364 g/mol. The van der Waals surface area contributed by atoms with Crippen LogP contribution in [0.15, 0.2) is 53.6 Å². The number of nitrogens with one attached hydrogen (secondary N) is 1. The summed E-state index contributed by atoms with van der Waals surface area (Å²) >= 11 is 0. The highest BCUT2D eigenvalue weighted by Gasteiger charge is 2.20. The van der Waals surface area contributed by atoms with Crippen molar-refractivity contribution in [2.75, 3.05) is 0 Å². The van der Waals surface area contributed by atoms with Crippen molar-refractivity contribution in [3.8, 4) is 17.1 Å². The molecule has 0 amide bonds. The van der Waals surface area contributed by atoms with Crippen molar-refractivity contribution >= 4 is 21.8 Å². The number of halogens is 2. The normalized spacial score (nSPS) is 11.7. The molecule has 0 bridgehead atoms. The Kier molecular flexibility index (Phi) is 3.33. The minimum atomic E-state index is -0.458. The first kappa shape index (κ1) is 16.5. The van der Waals surface area contributed by atoms with E-state index in [0.717, 1.165) is 11.0 Å². The van der Waals surface area contributed by atoms with Crippen LogP contribution in [0.25, 0.3) is 38.9 Å². The van der Waals surface area contributed by atoms with E-state index in [9.17, 15) is 13.6 Å². The van der Waals surface area contributed by atoms with E-state index in [0.29, 0.717) is 27.8 Å². The van der Waals surface area contributed by atoms with Gasteiger partial charge in [-0.3, -0.25) is 0 Å². The number of benzene rings is 2. The van der Waals surface area contributed by atoms with Gasteiger partial charge in [-0.15, -0.1) is 0 Å². The average Bonchev–Trinajstić information content (AvgIpc) is 3.29. The third-order valence-electron chi connectivity index (χ3n) is 5.04. The third kappa shape index (κ3) is 2.24. The fraction of sp³-hybridized carbons (Fsp3) is 0.100. The van der Waals surface area contributed by atoms with Crippen LogP contribution >= 0.6 is 0 Å². The van der Waals surface area contributed by atoms with Crippen molar-refractivity contribution in [1.82, 2.24) is 23.9 Å². The molecule has 0 saturated carbocycles. The maximum atomic E-state index is 13.9. The van der Waals surface area contributed by atoms with Crippen LogP contribution in [0.2, 0.25) is 0 Å². The molecule has 2 aromatic carbocycles. The first-order valence-electron chi connectivity index (χ1n) is 8.61. The van der Waals surface area contributed by atoms with Crippen molar-refractivity contribution in [2.45, 2.75) is 0 Å². The zero-order valence-corrected chi connectivity index (χ0v) is 15.1. The molecule has 0 fully saturated rings. The number of fused-ring (bicyclic) bond motifs is 2. The van der Waals surface area contributed by atoms with E-state index >= 15 is 0 Å². The average molecular weight is 379 g/mol. The largest absolute Gasteiger partial charge is 0.350 e. The number of nitrogens with zero attached hydrogens (tertiary/aromatic N) is 4. The molecule has 0 aliphatic heterocycles. The van der Waals surface area contributed by atoms with Gasteiger partial charge >= 0.3 is 5.69 Å². The minimum absolute atomic E-state index is 0.331. The van der Waals surface area contributed by atoms with E-state index < -0.39 is 11.5 Å². The molecule has 5 aromatic rings. The highest BCUT2D eigenvalue weighted by molar-refractivity contribution is 5.96. The maximum Gasteiger partial charge on any atom is 0.348 e. The molecule has 0 unspecified atom stereocenters. The molecule has 0 spiro atoms. The Morgan fingerprint density at radius 2 is 1.50 bits per heavy atom. The highest BCUT2D eigenvalue weighted by atomic mass is 19.1. The molecular formula is C20H15F2N5O. The van der Waals surface area contributed by atoms with E-state index in [1.165, 1.54) is 28.8 Å². The lowest BCUT2D eigenvalue weighted by Gasteiger charge is -2.04. The SMILES string of the molecule is Cn1cc(-c2n[nH]c(=O)n2-c2cn(C)c3ccc(F)cc23)c2cc(F)ccc21. The van der Waals surface area contributed by atoms with Gasteiger partial charge in [-0.05, 0) is 36.4 Å². The Bertz CT molecular complexity index is 1440. The van der Waals surface area contributed by atoms with E-state index in [1.54, 1.807) is 24.5 Å². The molecule has 1 N–H and O–H groups in total. The summed E-state index contributed by atoms with van der Waals surface area (Å²) in [6.07, 6.45) is 3.54. The zero-order valence-electron chi connectivity index (χ0n) is 15.1. The molecule has 0 aliphatic rings. The summed E-state index contributed by atoms with van der Waals surface area (Å²) in [7, 11) is 3.66. The topological polar surface area (TPSA) is 60.5 Å². The number of aromatic amines is 1. The van der Waals surface area contributed by atoms with Crippen LogP contribution in [-0.4, -0.2) is 23.9 Å². The Morgan fingerprint density at radius 3 is 2.21 bits per heavy atom. The summed E-state index contributed by atoms with van der Waals surface area (Å²) < 4.78 is 32.8. The van der Waals surface area contributed by atoms with Crippen LogP contribution in [0.3, 0.4) is 0 Å².